The van der Waals surface area contributed by atoms with Crippen LogP contribution in [0.1, 0.15) is 32.8 Å². The molecular formula is C28H30Cl2FN3O4S. The van der Waals surface area contributed by atoms with Crippen LogP contribution in [0.4, 0.5) is 10.1 Å². The van der Waals surface area contributed by atoms with Crippen LogP contribution in [-0.2, 0) is 26.2 Å². The minimum Gasteiger partial charge on any atom is -0.352 e. The molecule has 3 aromatic carbocycles. The summed E-state index contributed by atoms with van der Waals surface area (Å²) in [5.74, 6) is -1.47. The Hall–Kier alpha value is -3.14. The standard InChI is InChI=1S/C28H30Cl2FN3O4S/c1-4-26(28(36)32-19(2)3)33(17-20-10-12-23(31)13-11-20)27(35)18-34(24-15-21(29)14-22(30)16-24)39(37,38)25-8-6-5-7-9-25/h5-16,19,26H,4,17-18H2,1-3H3,(H,32,36). The fraction of sp³-hybridized carbons (Fsp3) is 0.286. The lowest BCUT2D eigenvalue weighted by Crippen LogP contribution is -2.53. The molecule has 0 spiro atoms. The Kier molecular flexibility index (Phi) is 10.4. The molecule has 0 saturated carbocycles. The molecule has 208 valence electrons. The van der Waals surface area contributed by atoms with Crippen LogP contribution in [-0.4, -0.2) is 43.8 Å². The fourth-order valence-corrected chi connectivity index (χ4v) is 5.95. The van der Waals surface area contributed by atoms with Gasteiger partial charge in [0.15, 0.2) is 0 Å². The number of sulfonamides is 1. The highest BCUT2D eigenvalue weighted by Gasteiger charge is 2.34. The number of rotatable bonds is 11. The molecule has 3 aromatic rings. The molecule has 0 aliphatic rings. The second-order valence-corrected chi connectivity index (χ2v) is 11.9. The molecule has 39 heavy (non-hydrogen) atoms. The lowest BCUT2D eigenvalue weighted by Gasteiger charge is -2.33. The number of carbonyl (C=O) groups excluding carboxylic acids is 2. The first-order valence-electron chi connectivity index (χ1n) is 12.3. The van der Waals surface area contributed by atoms with E-state index in [1.807, 2.05) is 0 Å². The fourth-order valence-electron chi connectivity index (χ4n) is 4.02. The molecule has 11 heteroatoms. The Morgan fingerprint density at radius 2 is 1.54 bits per heavy atom. The van der Waals surface area contributed by atoms with Crippen LogP contribution in [0.2, 0.25) is 10.0 Å². The average Bonchev–Trinajstić information content (AvgIpc) is 2.87. The van der Waals surface area contributed by atoms with E-state index in [4.69, 9.17) is 23.2 Å². The van der Waals surface area contributed by atoms with Gasteiger partial charge in [0, 0.05) is 22.6 Å². The van der Waals surface area contributed by atoms with Gasteiger partial charge in [0.2, 0.25) is 11.8 Å². The molecule has 1 N–H and O–H groups in total. The summed E-state index contributed by atoms with van der Waals surface area (Å²) in [6.45, 7) is 4.67. The van der Waals surface area contributed by atoms with Gasteiger partial charge in [-0.2, -0.15) is 0 Å². The number of nitrogens with one attached hydrogen (secondary N) is 1. The summed E-state index contributed by atoms with van der Waals surface area (Å²) in [7, 11) is -4.25. The van der Waals surface area contributed by atoms with E-state index in [1.165, 1.54) is 59.5 Å². The van der Waals surface area contributed by atoms with Crippen LogP contribution in [0.5, 0.6) is 0 Å². The number of halogens is 3. The average molecular weight is 595 g/mol. The maximum absolute atomic E-state index is 13.9. The molecule has 0 bridgehead atoms. The summed E-state index contributed by atoms with van der Waals surface area (Å²) in [5, 5.41) is 3.19. The second-order valence-electron chi connectivity index (χ2n) is 9.19. The molecule has 1 atom stereocenters. The Bertz CT molecular complexity index is 1380. The van der Waals surface area contributed by atoms with Gasteiger partial charge >= 0.3 is 0 Å². The Morgan fingerprint density at radius 3 is 2.08 bits per heavy atom. The quantitative estimate of drug-likeness (QED) is 0.311. The highest BCUT2D eigenvalue weighted by atomic mass is 35.5. The predicted molar refractivity (Wildman–Crippen MR) is 152 cm³/mol. The van der Waals surface area contributed by atoms with Crippen molar-refractivity contribution in [2.45, 2.75) is 50.7 Å². The van der Waals surface area contributed by atoms with Crippen molar-refractivity contribution in [1.82, 2.24) is 10.2 Å². The van der Waals surface area contributed by atoms with Crippen LogP contribution in [0.15, 0.2) is 77.7 Å². The highest BCUT2D eigenvalue weighted by molar-refractivity contribution is 7.92. The SMILES string of the molecule is CCC(C(=O)NC(C)C)N(Cc1ccc(F)cc1)C(=O)CN(c1cc(Cl)cc(Cl)c1)S(=O)(=O)c1ccccc1. The van der Waals surface area contributed by atoms with E-state index < -0.39 is 34.3 Å². The molecule has 0 aromatic heterocycles. The lowest BCUT2D eigenvalue weighted by atomic mass is 10.1. The zero-order chi connectivity index (χ0) is 28.7. The molecule has 0 heterocycles. The molecule has 3 rings (SSSR count). The summed E-state index contributed by atoms with van der Waals surface area (Å²) < 4.78 is 42.0. The van der Waals surface area contributed by atoms with Gasteiger partial charge in [-0.3, -0.25) is 13.9 Å². The number of anilines is 1. The largest absolute Gasteiger partial charge is 0.352 e. The maximum atomic E-state index is 13.9. The van der Waals surface area contributed by atoms with Gasteiger partial charge in [-0.25, -0.2) is 12.8 Å². The van der Waals surface area contributed by atoms with Crippen molar-refractivity contribution < 1.29 is 22.4 Å². The van der Waals surface area contributed by atoms with Gasteiger partial charge in [-0.15, -0.1) is 0 Å². The van der Waals surface area contributed by atoms with E-state index >= 15 is 0 Å². The van der Waals surface area contributed by atoms with Gasteiger partial charge in [0.05, 0.1) is 10.6 Å². The summed E-state index contributed by atoms with van der Waals surface area (Å²) in [4.78, 5) is 28.3. The van der Waals surface area contributed by atoms with Crippen molar-refractivity contribution in [1.29, 1.82) is 0 Å². The Balaban J connectivity index is 2.08. The maximum Gasteiger partial charge on any atom is 0.264 e. The predicted octanol–water partition coefficient (Wildman–Crippen LogP) is 5.66. The number of hydrogen-bond acceptors (Lipinski definition) is 4. The topological polar surface area (TPSA) is 86.8 Å². The highest BCUT2D eigenvalue weighted by Crippen LogP contribution is 2.30. The van der Waals surface area contributed by atoms with Gasteiger partial charge in [0.25, 0.3) is 10.0 Å². The summed E-state index contributed by atoms with van der Waals surface area (Å²) in [6.07, 6.45) is 0.264. The van der Waals surface area contributed by atoms with Crippen molar-refractivity contribution in [3.05, 3.63) is 94.2 Å². The number of nitrogens with zero attached hydrogens (tertiary/aromatic N) is 2. The molecule has 2 amide bonds. The van der Waals surface area contributed by atoms with E-state index in [0.717, 1.165) is 4.31 Å². The number of hydrogen-bond donors (Lipinski definition) is 1. The summed E-state index contributed by atoms with van der Waals surface area (Å²) >= 11 is 12.4. The van der Waals surface area contributed by atoms with Gasteiger partial charge < -0.3 is 10.2 Å². The first kappa shape index (κ1) is 30.4. The van der Waals surface area contributed by atoms with Gasteiger partial charge in [-0.1, -0.05) is 60.5 Å². The second kappa shape index (κ2) is 13.3. The summed E-state index contributed by atoms with van der Waals surface area (Å²) in [5.41, 5.74) is 0.662. The normalized spacial score (nSPS) is 12.2. The van der Waals surface area contributed by atoms with Crippen LogP contribution in [0.3, 0.4) is 0 Å². The lowest BCUT2D eigenvalue weighted by molar-refractivity contribution is -0.140. The Labute approximate surface area is 238 Å². The molecular weight excluding hydrogens is 564 g/mol. The van der Waals surface area contributed by atoms with Crippen molar-refractivity contribution >= 4 is 50.7 Å². The van der Waals surface area contributed by atoms with E-state index in [-0.39, 0.29) is 45.5 Å². The first-order valence-corrected chi connectivity index (χ1v) is 14.5. The van der Waals surface area contributed by atoms with Crippen LogP contribution < -0.4 is 9.62 Å². The van der Waals surface area contributed by atoms with Crippen molar-refractivity contribution in [3.8, 4) is 0 Å². The van der Waals surface area contributed by atoms with Crippen molar-refractivity contribution in [2.24, 2.45) is 0 Å². The molecule has 0 aliphatic heterocycles. The number of benzene rings is 3. The van der Waals surface area contributed by atoms with E-state index in [1.54, 1.807) is 39.0 Å². The number of carbonyl (C=O) groups is 2. The van der Waals surface area contributed by atoms with E-state index in [2.05, 4.69) is 5.32 Å². The molecule has 7 nitrogen and oxygen atoms in total. The third kappa shape index (κ3) is 7.94. The zero-order valence-corrected chi connectivity index (χ0v) is 24.1. The summed E-state index contributed by atoms with van der Waals surface area (Å²) in [6, 6.07) is 16.3. The zero-order valence-electron chi connectivity index (χ0n) is 21.8. The third-order valence-electron chi connectivity index (χ3n) is 5.83. The van der Waals surface area contributed by atoms with E-state index in [9.17, 15) is 22.4 Å². The molecule has 0 aliphatic carbocycles. The molecule has 0 saturated heterocycles. The van der Waals surface area contributed by atoms with Crippen LogP contribution in [0.25, 0.3) is 0 Å². The van der Waals surface area contributed by atoms with Crippen molar-refractivity contribution in [2.75, 3.05) is 10.8 Å². The first-order chi connectivity index (χ1) is 18.4. The minimum absolute atomic E-state index is 0.0384. The smallest absolute Gasteiger partial charge is 0.264 e. The van der Waals surface area contributed by atoms with Crippen molar-refractivity contribution in [3.63, 3.8) is 0 Å². The molecule has 1 unspecified atom stereocenters. The van der Waals surface area contributed by atoms with Crippen LogP contribution >= 0.6 is 23.2 Å². The van der Waals surface area contributed by atoms with Crippen LogP contribution in [0, 0.1) is 5.82 Å². The molecule has 0 fully saturated rings. The molecule has 0 radical (unpaired) electrons. The van der Waals surface area contributed by atoms with Gasteiger partial charge in [-0.05, 0) is 68.3 Å². The number of amides is 2. The minimum atomic E-state index is -4.25. The van der Waals surface area contributed by atoms with E-state index in [0.29, 0.717) is 5.56 Å². The monoisotopic (exact) mass is 593 g/mol. The third-order valence-corrected chi connectivity index (χ3v) is 8.05. The van der Waals surface area contributed by atoms with Gasteiger partial charge in [0.1, 0.15) is 18.4 Å². The Morgan fingerprint density at radius 1 is 0.949 bits per heavy atom.